The number of para-hydroxylation sites is 1. The third-order valence-corrected chi connectivity index (χ3v) is 6.53. The highest BCUT2D eigenvalue weighted by atomic mass is 15.1. The fraction of sp³-hybridized carbons (Fsp3) is 0.152. The van der Waals surface area contributed by atoms with E-state index in [0.717, 1.165) is 0 Å². The van der Waals surface area contributed by atoms with Crippen LogP contribution < -0.4 is 4.90 Å². The van der Waals surface area contributed by atoms with Crippen molar-refractivity contribution in [3.8, 4) is 11.1 Å². The van der Waals surface area contributed by atoms with E-state index in [-0.39, 0.29) is 0 Å². The van der Waals surface area contributed by atoms with E-state index in [0.29, 0.717) is 0 Å². The maximum atomic E-state index is 2.29. The molecule has 0 saturated carbocycles. The Balaban J connectivity index is 0.000000364. The van der Waals surface area contributed by atoms with Crippen LogP contribution in [0.3, 0.4) is 0 Å². The maximum absolute atomic E-state index is 2.29. The Morgan fingerprint density at radius 3 is 1.94 bits per heavy atom. The van der Waals surface area contributed by atoms with E-state index < -0.39 is 0 Å². The van der Waals surface area contributed by atoms with Gasteiger partial charge in [-0.3, -0.25) is 0 Å². The number of nitrogens with zero attached hydrogens (tertiary/aromatic N) is 2. The molecule has 176 valence electrons. The first-order chi connectivity index (χ1) is 17.0. The van der Waals surface area contributed by atoms with Crippen molar-refractivity contribution in [2.24, 2.45) is 7.05 Å². The molecule has 0 aliphatic carbocycles. The van der Waals surface area contributed by atoms with Gasteiger partial charge in [0.1, 0.15) is 0 Å². The van der Waals surface area contributed by atoms with Crippen molar-refractivity contribution in [1.29, 1.82) is 0 Å². The van der Waals surface area contributed by atoms with E-state index in [1.54, 1.807) is 0 Å². The Hall–Kier alpha value is -4.04. The van der Waals surface area contributed by atoms with E-state index in [1.807, 2.05) is 19.9 Å². The van der Waals surface area contributed by atoms with Gasteiger partial charge in [0.2, 0.25) is 0 Å². The number of hydrogen-bond acceptors (Lipinski definition) is 1. The zero-order chi connectivity index (χ0) is 24.8. The highest BCUT2D eigenvalue weighted by Crippen LogP contribution is 2.33. The number of rotatable bonds is 4. The highest BCUT2D eigenvalue weighted by molar-refractivity contribution is 6.09. The summed E-state index contributed by atoms with van der Waals surface area (Å²) in [7, 11) is 4.26. The van der Waals surface area contributed by atoms with E-state index >= 15 is 0 Å². The number of hydrogen-bond donors (Lipinski definition) is 0. The van der Waals surface area contributed by atoms with Crippen molar-refractivity contribution >= 4 is 33.2 Å². The van der Waals surface area contributed by atoms with Gasteiger partial charge in [0.25, 0.3) is 0 Å². The van der Waals surface area contributed by atoms with Crippen LogP contribution in [0.1, 0.15) is 20.8 Å². The summed E-state index contributed by atoms with van der Waals surface area (Å²) in [6.07, 6.45) is 6.20. The van der Waals surface area contributed by atoms with Crippen LogP contribution in [0.5, 0.6) is 0 Å². The second-order valence-corrected chi connectivity index (χ2v) is 8.78. The summed E-state index contributed by atoms with van der Waals surface area (Å²) in [5.74, 6) is 0. The molecule has 0 N–H and O–H groups in total. The molecule has 35 heavy (non-hydrogen) atoms. The van der Waals surface area contributed by atoms with Crippen molar-refractivity contribution in [3.05, 3.63) is 121 Å². The second kappa shape index (κ2) is 10.9. The van der Waals surface area contributed by atoms with Crippen molar-refractivity contribution in [1.82, 2.24) is 4.57 Å². The molecule has 1 aromatic heterocycles. The fourth-order valence-electron chi connectivity index (χ4n) is 4.38. The smallest absolute Gasteiger partial charge is 0.0490 e. The Morgan fingerprint density at radius 1 is 0.686 bits per heavy atom. The Labute approximate surface area is 209 Å². The summed E-state index contributed by atoms with van der Waals surface area (Å²) in [6, 6.07) is 34.6. The summed E-state index contributed by atoms with van der Waals surface area (Å²) in [6.45, 7) is 6.14. The molecule has 4 aromatic carbocycles. The van der Waals surface area contributed by atoms with Gasteiger partial charge in [-0.25, -0.2) is 0 Å². The highest BCUT2D eigenvalue weighted by Gasteiger charge is 2.11. The predicted octanol–water partition coefficient (Wildman–Crippen LogP) is 9.30. The summed E-state index contributed by atoms with van der Waals surface area (Å²) < 4.78 is 2.27. The molecule has 1 heterocycles. The Kier molecular flexibility index (Phi) is 7.52. The predicted molar refractivity (Wildman–Crippen MR) is 155 cm³/mol. The molecule has 0 radical (unpaired) electrons. The zero-order valence-electron chi connectivity index (χ0n) is 21.4. The van der Waals surface area contributed by atoms with Crippen LogP contribution >= 0.6 is 0 Å². The van der Waals surface area contributed by atoms with Gasteiger partial charge >= 0.3 is 0 Å². The van der Waals surface area contributed by atoms with Gasteiger partial charge in [0, 0.05) is 47.3 Å². The molecule has 0 bridgehead atoms. The lowest BCUT2D eigenvalue weighted by molar-refractivity contribution is 1.01. The first-order valence-corrected chi connectivity index (χ1v) is 12.2. The quantitative estimate of drug-likeness (QED) is 0.244. The average Bonchev–Trinajstić information content (AvgIpc) is 3.21. The number of allylic oxidation sites excluding steroid dienone is 4. The lowest BCUT2D eigenvalue weighted by atomic mass is 10.1. The molecule has 0 spiro atoms. The van der Waals surface area contributed by atoms with Gasteiger partial charge in [-0.1, -0.05) is 84.5 Å². The van der Waals surface area contributed by atoms with Gasteiger partial charge in [-0.05, 0) is 68.3 Å². The summed E-state index contributed by atoms with van der Waals surface area (Å²) >= 11 is 0. The van der Waals surface area contributed by atoms with Crippen LogP contribution in [0.15, 0.2) is 121 Å². The molecule has 0 unspecified atom stereocenters. The fourth-order valence-corrected chi connectivity index (χ4v) is 4.38. The monoisotopic (exact) mass is 458 g/mol. The summed E-state index contributed by atoms with van der Waals surface area (Å²) in [5.41, 5.74) is 8.71. The lowest BCUT2D eigenvalue weighted by Gasteiger charge is -2.20. The van der Waals surface area contributed by atoms with Gasteiger partial charge in [0.05, 0.1) is 0 Å². The SMILES string of the molecule is C/C=C\C(C)=C/C.CN(c1ccc(-c2ccccc2)cc1)c1ccc2c(c1)c1ccccc1n2C. The van der Waals surface area contributed by atoms with E-state index in [9.17, 15) is 0 Å². The minimum atomic E-state index is 1.18. The van der Waals surface area contributed by atoms with Crippen LogP contribution in [0.2, 0.25) is 0 Å². The van der Waals surface area contributed by atoms with Gasteiger partial charge in [0.15, 0.2) is 0 Å². The number of anilines is 2. The number of fused-ring (bicyclic) bond motifs is 3. The van der Waals surface area contributed by atoms with Gasteiger partial charge in [-0.2, -0.15) is 0 Å². The van der Waals surface area contributed by atoms with Crippen LogP contribution in [0, 0.1) is 0 Å². The molecule has 0 aliphatic heterocycles. The van der Waals surface area contributed by atoms with Gasteiger partial charge in [-0.15, -0.1) is 0 Å². The molecule has 0 saturated heterocycles. The van der Waals surface area contributed by atoms with Crippen LogP contribution in [0.4, 0.5) is 11.4 Å². The normalized spacial score (nSPS) is 11.6. The lowest BCUT2D eigenvalue weighted by Crippen LogP contribution is -2.09. The molecule has 5 rings (SSSR count). The number of benzene rings is 4. The molecular weight excluding hydrogens is 424 g/mol. The molecule has 0 aliphatic rings. The molecule has 2 heteroatoms. The first kappa shape index (κ1) is 24.1. The average molecular weight is 459 g/mol. The third-order valence-electron chi connectivity index (χ3n) is 6.53. The standard InChI is InChI=1S/C26H22N2.C7H12/c1-27(21-14-12-20(13-15-21)19-8-4-3-5-9-19)22-16-17-26-24(18-22)23-10-6-7-11-25(23)28(26)2;1-4-6-7(3)5-2/h3-18H,1-2H3;4-6H,1-3H3/b;6-4-,7-5-. The largest absolute Gasteiger partial charge is 0.345 e. The Morgan fingerprint density at radius 2 is 1.29 bits per heavy atom. The maximum Gasteiger partial charge on any atom is 0.0490 e. The van der Waals surface area contributed by atoms with Crippen LogP contribution in [-0.2, 0) is 7.05 Å². The molecular formula is C33H34N2. The molecule has 0 fully saturated rings. The number of aryl methyl sites for hydroxylation is 1. The molecule has 5 aromatic rings. The minimum absolute atomic E-state index is 1.18. The summed E-state index contributed by atoms with van der Waals surface area (Å²) in [4.78, 5) is 2.25. The molecule has 2 nitrogen and oxygen atoms in total. The number of aromatic nitrogens is 1. The van der Waals surface area contributed by atoms with Gasteiger partial charge < -0.3 is 9.47 Å². The summed E-state index contributed by atoms with van der Waals surface area (Å²) in [5, 5.41) is 2.60. The third kappa shape index (κ3) is 5.22. The van der Waals surface area contributed by atoms with Crippen LogP contribution in [-0.4, -0.2) is 11.6 Å². The molecule has 0 amide bonds. The zero-order valence-corrected chi connectivity index (χ0v) is 21.4. The van der Waals surface area contributed by atoms with E-state index in [1.165, 1.54) is 49.9 Å². The van der Waals surface area contributed by atoms with E-state index in [2.05, 4.69) is 140 Å². The van der Waals surface area contributed by atoms with Crippen LogP contribution in [0.25, 0.3) is 32.9 Å². The van der Waals surface area contributed by atoms with Crippen molar-refractivity contribution in [3.63, 3.8) is 0 Å². The second-order valence-electron chi connectivity index (χ2n) is 8.78. The minimum Gasteiger partial charge on any atom is -0.345 e. The van der Waals surface area contributed by atoms with E-state index in [4.69, 9.17) is 0 Å². The van der Waals surface area contributed by atoms with Crippen molar-refractivity contribution in [2.75, 3.05) is 11.9 Å². The molecule has 0 atom stereocenters. The van der Waals surface area contributed by atoms with Crippen molar-refractivity contribution in [2.45, 2.75) is 20.8 Å². The Bertz CT molecular complexity index is 1470. The topological polar surface area (TPSA) is 8.17 Å². The van der Waals surface area contributed by atoms with Crippen molar-refractivity contribution < 1.29 is 0 Å². The first-order valence-electron chi connectivity index (χ1n) is 12.2.